The van der Waals surface area contributed by atoms with Gasteiger partial charge in [0, 0.05) is 12.0 Å². The Bertz CT molecular complexity index is 828. The number of para-hydroxylation sites is 1. The van der Waals surface area contributed by atoms with Crippen molar-refractivity contribution in [3.05, 3.63) is 35.0 Å². The Hall–Kier alpha value is -2.39. The first kappa shape index (κ1) is 13.6. The van der Waals surface area contributed by atoms with Gasteiger partial charge in [-0.2, -0.15) is 14.9 Å². The van der Waals surface area contributed by atoms with Crippen molar-refractivity contribution in [2.75, 3.05) is 7.11 Å². The van der Waals surface area contributed by atoms with Gasteiger partial charge in [-0.05, 0) is 18.6 Å². The van der Waals surface area contributed by atoms with Crippen LogP contribution in [-0.4, -0.2) is 21.7 Å². The topological polar surface area (TPSA) is 63.2 Å². The van der Waals surface area contributed by atoms with Crippen LogP contribution in [0.15, 0.2) is 24.3 Å². The van der Waals surface area contributed by atoms with Crippen molar-refractivity contribution in [3.8, 4) is 23.1 Å². The second-order valence-corrected chi connectivity index (χ2v) is 5.60. The Balaban J connectivity index is 2.19. The largest absolute Gasteiger partial charge is 0.496 e. The molecule has 0 radical (unpaired) electrons. The number of methoxy groups -OCH3 is 1. The summed E-state index contributed by atoms with van der Waals surface area (Å²) in [5.41, 5.74) is 1.89. The second-order valence-electron chi connectivity index (χ2n) is 4.56. The lowest BCUT2D eigenvalue weighted by Crippen LogP contribution is -1.94. The number of nitrogens with zero attached hydrogens (tertiary/aromatic N) is 4. The molecule has 2 aromatic heterocycles. The van der Waals surface area contributed by atoms with E-state index in [9.17, 15) is 5.26 Å². The lowest BCUT2D eigenvalue weighted by molar-refractivity contribution is 0.416. The van der Waals surface area contributed by atoms with E-state index in [0.717, 1.165) is 28.4 Å². The van der Waals surface area contributed by atoms with E-state index in [4.69, 9.17) is 4.74 Å². The molecule has 0 saturated heterocycles. The lowest BCUT2D eigenvalue weighted by atomic mass is 10.1. The van der Waals surface area contributed by atoms with Crippen LogP contribution in [0.1, 0.15) is 24.0 Å². The molecule has 106 valence electrons. The molecule has 0 saturated carbocycles. The first-order chi connectivity index (χ1) is 10.3. The van der Waals surface area contributed by atoms with Gasteiger partial charge in [-0.25, -0.2) is 4.98 Å². The van der Waals surface area contributed by atoms with Crippen LogP contribution in [0.5, 0.6) is 5.75 Å². The first-order valence-corrected chi connectivity index (χ1v) is 7.52. The zero-order valence-corrected chi connectivity index (χ0v) is 12.6. The van der Waals surface area contributed by atoms with E-state index in [1.165, 1.54) is 11.3 Å². The average Bonchev–Trinajstić information content (AvgIpc) is 3.04. The van der Waals surface area contributed by atoms with Gasteiger partial charge < -0.3 is 4.74 Å². The third-order valence-electron chi connectivity index (χ3n) is 3.18. The summed E-state index contributed by atoms with van der Waals surface area (Å²) in [5, 5.41) is 15.0. The van der Waals surface area contributed by atoms with E-state index in [1.807, 2.05) is 24.3 Å². The molecule has 3 aromatic rings. The normalized spacial score (nSPS) is 10.7. The number of imidazole rings is 1. The lowest BCUT2D eigenvalue weighted by Gasteiger charge is -2.05. The third kappa shape index (κ3) is 2.26. The van der Waals surface area contributed by atoms with Crippen molar-refractivity contribution in [2.24, 2.45) is 0 Å². The molecule has 0 fully saturated rings. The zero-order chi connectivity index (χ0) is 14.8. The summed E-state index contributed by atoms with van der Waals surface area (Å²) in [7, 11) is 1.61. The number of fused-ring (bicyclic) bond motifs is 1. The Labute approximate surface area is 126 Å². The van der Waals surface area contributed by atoms with Gasteiger partial charge in [-0.1, -0.05) is 30.4 Å². The van der Waals surface area contributed by atoms with Crippen molar-refractivity contribution in [1.29, 1.82) is 5.26 Å². The van der Waals surface area contributed by atoms with Crippen LogP contribution in [0, 0.1) is 11.3 Å². The maximum absolute atomic E-state index is 9.48. The Morgan fingerprint density at radius 1 is 1.38 bits per heavy atom. The first-order valence-electron chi connectivity index (χ1n) is 6.70. The summed E-state index contributed by atoms with van der Waals surface area (Å²) in [4.78, 5) is 5.33. The number of rotatable bonds is 4. The van der Waals surface area contributed by atoms with E-state index >= 15 is 0 Å². The van der Waals surface area contributed by atoms with E-state index in [1.54, 1.807) is 11.6 Å². The monoisotopic (exact) mass is 298 g/mol. The SMILES string of the molecule is CCCc1nn2c(C#N)c(-c3ccccc3OC)nc2s1. The number of nitriles is 1. The van der Waals surface area contributed by atoms with Gasteiger partial charge >= 0.3 is 0 Å². The van der Waals surface area contributed by atoms with Gasteiger partial charge in [0.05, 0.1) is 7.11 Å². The highest BCUT2D eigenvalue weighted by Gasteiger charge is 2.19. The van der Waals surface area contributed by atoms with Gasteiger partial charge in [-0.3, -0.25) is 0 Å². The van der Waals surface area contributed by atoms with E-state index in [2.05, 4.69) is 23.1 Å². The van der Waals surface area contributed by atoms with E-state index < -0.39 is 0 Å². The van der Waals surface area contributed by atoms with Crippen molar-refractivity contribution in [1.82, 2.24) is 14.6 Å². The minimum absolute atomic E-state index is 0.452. The fourth-order valence-electron chi connectivity index (χ4n) is 2.23. The predicted octanol–water partition coefficient (Wildman–Crippen LogP) is 3.29. The van der Waals surface area contributed by atoms with E-state index in [0.29, 0.717) is 17.1 Å². The molecule has 21 heavy (non-hydrogen) atoms. The van der Waals surface area contributed by atoms with Gasteiger partial charge in [-0.15, -0.1) is 0 Å². The molecule has 3 rings (SSSR count). The van der Waals surface area contributed by atoms with Crippen LogP contribution in [0.3, 0.4) is 0 Å². The maximum Gasteiger partial charge on any atom is 0.214 e. The smallest absolute Gasteiger partial charge is 0.214 e. The van der Waals surface area contributed by atoms with Crippen LogP contribution in [0.4, 0.5) is 0 Å². The quantitative estimate of drug-likeness (QED) is 0.741. The molecule has 0 spiro atoms. The van der Waals surface area contributed by atoms with Crippen LogP contribution < -0.4 is 4.74 Å². The summed E-state index contributed by atoms with van der Waals surface area (Å²) in [6.07, 6.45) is 1.93. The van der Waals surface area contributed by atoms with Gasteiger partial charge in [0.25, 0.3) is 0 Å². The van der Waals surface area contributed by atoms with E-state index in [-0.39, 0.29) is 0 Å². The molecule has 6 heteroatoms. The molecule has 2 heterocycles. The summed E-state index contributed by atoms with van der Waals surface area (Å²) < 4.78 is 6.99. The molecule has 5 nitrogen and oxygen atoms in total. The molecule has 0 unspecified atom stereocenters. The van der Waals surface area contributed by atoms with Gasteiger partial charge in [0.15, 0.2) is 5.69 Å². The summed E-state index contributed by atoms with van der Waals surface area (Å²) in [6.45, 7) is 2.11. The number of aryl methyl sites for hydroxylation is 1. The summed E-state index contributed by atoms with van der Waals surface area (Å²) >= 11 is 1.53. The molecular formula is C15H14N4OS. The minimum atomic E-state index is 0.452. The Morgan fingerprint density at radius 2 is 2.19 bits per heavy atom. The number of hydrogen-bond acceptors (Lipinski definition) is 5. The fraction of sp³-hybridized carbons (Fsp3) is 0.267. The highest BCUT2D eigenvalue weighted by molar-refractivity contribution is 7.16. The Morgan fingerprint density at radius 3 is 2.90 bits per heavy atom. The molecule has 0 aliphatic carbocycles. The molecule has 0 aliphatic rings. The van der Waals surface area contributed by atoms with Crippen LogP contribution in [0.2, 0.25) is 0 Å². The molecule has 0 amide bonds. The Kier molecular flexibility index (Phi) is 3.59. The van der Waals surface area contributed by atoms with Crippen LogP contribution in [-0.2, 0) is 6.42 Å². The number of ether oxygens (including phenoxy) is 1. The minimum Gasteiger partial charge on any atom is -0.496 e. The summed E-state index contributed by atoms with van der Waals surface area (Å²) in [5.74, 6) is 0.702. The van der Waals surface area contributed by atoms with Gasteiger partial charge in [0.1, 0.15) is 22.5 Å². The van der Waals surface area contributed by atoms with Crippen molar-refractivity contribution in [3.63, 3.8) is 0 Å². The average molecular weight is 298 g/mol. The molecule has 0 atom stereocenters. The zero-order valence-electron chi connectivity index (χ0n) is 11.8. The predicted molar refractivity (Wildman–Crippen MR) is 81.6 cm³/mol. The van der Waals surface area contributed by atoms with Gasteiger partial charge in [0.2, 0.25) is 4.96 Å². The van der Waals surface area contributed by atoms with Crippen molar-refractivity contribution >= 4 is 16.3 Å². The molecule has 0 bridgehead atoms. The molecule has 0 N–H and O–H groups in total. The second kappa shape index (κ2) is 5.54. The summed E-state index contributed by atoms with van der Waals surface area (Å²) in [6, 6.07) is 9.77. The van der Waals surface area contributed by atoms with Crippen LogP contribution >= 0.6 is 11.3 Å². The third-order valence-corrected chi connectivity index (χ3v) is 4.15. The highest BCUT2D eigenvalue weighted by Crippen LogP contribution is 2.33. The standard InChI is InChI=1S/C15H14N4OS/c1-3-6-13-18-19-11(9-16)14(17-15(19)21-13)10-7-4-5-8-12(10)20-2/h4-5,7-8H,3,6H2,1-2H3. The van der Waals surface area contributed by atoms with Crippen molar-refractivity contribution in [2.45, 2.75) is 19.8 Å². The van der Waals surface area contributed by atoms with Crippen LogP contribution in [0.25, 0.3) is 16.2 Å². The molecule has 0 aliphatic heterocycles. The number of benzene rings is 1. The fourth-order valence-corrected chi connectivity index (χ4v) is 3.23. The number of hydrogen-bond donors (Lipinski definition) is 0. The molecular weight excluding hydrogens is 284 g/mol. The molecule has 1 aromatic carbocycles. The van der Waals surface area contributed by atoms with Crippen molar-refractivity contribution < 1.29 is 4.74 Å². The number of aromatic nitrogens is 3. The highest BCUT2D eigenvalue weighted by atomic mass is 32.1. The maximum atomic E-state index is 9.48.